The number of piperidine rings is 1. The fourth-order valence-electron chi connectivity index (χ4n) is 2.20. The molecule has 0 saturated carbocycles. The summed E-state index contributed by atoms with van der Waals surface area (Å²) in [5.41, 5.74) is 0. The number of alkyl halides is 1. The van der Waals surface area contributed by atoms with Crippen molar-refractivity contribution >= 4 is 21.6 Å². The monoisotopic (exact) mass is 327 g/mol. The van der Waals surface area contributed by atoms with Gasteiger partial charge in [0.1, 0.15) is 17.5 Å². The fraction of sp³-hybridized carbons (Fsp3) is 0.500. The largest absolute Gasteiger partial charge is 0.248 e. The summed E-state index contributed by atoms with van der Waals surface area (Å²) in [5, 5.41) is -0.177. The van der Waals surface area contributed by atoms with E-state index in [0.29, 0.717) is 18.6 Å². The molecule has 1 aromatic rings. The van der Waals surface area contributed by atoms with E-state index in [2.05, 4.69) is 0 Å². The second-order valence-electron chi connectivity index (χ2n) is 4.84. The maximum atomic E-state index is 13.6. The van der Waals surface area contributed by atoms with Crippen molar-refractivity contribution in [3.63, 3.8) is 0 Å². The zero-order valence-corrected chi connectivity index (χ0v) is 12.2. The molecule has 8 heteroatoms. The molecule has 3 nitrogen and oxygen atoms in total. The van der Waals surface area contributed by atoms with Crippen molar-refractivity contribution in [3.05, 3.63) is 29.6 Å². The van der Waals surface area contributed by atoms with Crippen molar-refractivity contribution in [1.82, 2.24) is 4.31 Å². The van der Waals surface area contributed by atoms with Crippen LogP contribution < -0.4 is 0 Å². The first kappa shape index (κ1) is 15.6. The van der Waals surface area contributed by atoms with Gasteiger partial charge in [0.05, 0.1) is 0 Å². The van der Waals surface area contributed by atoms with Gasteiger partial charge in [-0.15, -0.1) is 11.6 Å². The van der Waals surface area contributed by atoms with Crippen LogP contribution in [0.2, 0.25) is 0 Å². The second-order valence-corrected chi connectivity index (χ2v) is 7.28. The summed E-state index contributed by atoms with van der Waals surface area (Å²) in [6.07, 6.45) is 0.395. The Bertz CT molecular complexity index is 600. The predicted octanol–water partition coefficient (Wildman–Crippen LogP) is 2.74. The molecule has 0 radical (unpaired) electrons. The van der Waals surface area contributed by atoms with E-state index in [-0.39, 0.29) is 24.4 Å². The Kier molecular flexibility index (Phi) is 4.32. The minimum absolute atomic E-state index is 0.0761. The fourth-order valence-corrected chi connectivity index (χ4v) is 4.02. The highest BCUT2D eigenvalue weighted by atomic mass is 35.5. The minimum Gasteiger partial charge on any atom is -0.207 e. The van der Waals surface area contributed by atoms with E-state index in [1.165, 1.54) is 0 Å². The van der Waals surface area contributed by atoms with Crippen LogP contribution in [0.5, 0.6) is 0 Å². The topological polar surface area (TPSA) is 37.4 Å². The van der Waals surface area contributed by atoms with Crippen LogP contribution in [0.3, 0.4) is 0 Å². The number of halogens is 4. The van der Waals surface area contributed by atoms with E-state index in [4.69, 9.17) is 11.6 Å². The lowest BCUT2D eigenvalue weighted by atomic mass is 10.0. The number of rotatable bonds is 2. The molecular weight excluding hydrogens is 315 g/mol. The van der Waals surface area contributed by atoms with Crippen LogP contribution in [0.25, 0.3) is 0 Å². The van der Waals surface area contributed by atoms with Gasteiger partial charge in [-0.25, -0.2) is 21.6 Å². The molecule has 2 unspecified atom stereocenters. The summed E-state index contributed by atoms with van der Waals surface area (Å²) in [4.78, 5) is -1.11. The van der Waals surface area contributed by atoms with Crippen LogP contribution in [0.1, 0.15) is 13.3 Å². The third kappa shape index (κ3) is 2.80. The van der Waals surface area contributed by atoms with Crippen LogP contribution in [-0.2, 0) is 10.0 Å². The lowest BCUT2D eigenvalue weighted by Gasteiger charge is -2.33. The molecule has 1 aliphatic rings. The highest BCUT2D eigenvalue weighted by Crippen LogP contribution is 2.29. The molecule has 0 aromatic heterocycles. The molecule has 2 rings (SSSR count). The van der Waals surface area contributed by atoms with Gasteiger partial charge in [-0.05, 0) is 12.3 Å². The summed E-state index contributed by atoms with van der Waals surface area (Å²) in [7, 11) is -4.34. The smallest absolute Gasteiger partial charge is 0.207 e. The Balaban J connectivity index is 2.41. The maximum Gasteiger partial charge on any atom is 0.248 e. The zero-order valence-electron chi connectivity index (χ0n) is 10.6. The second kappa shape index (κ2) is 5.54. The summed E-state index contributed by atoms with van der Waals surface area (Å²) in [5.74, 6) is -4.15. The van der Waals surface area contributed by atoms with E-state index >= 15 is 0 Å². The normalized spacial score (nSPS) is 24.9. The Morgan fingerprint density at radius 2 is 1.80 bits per heavy atom. The third-order valence-electron chi connectivity index (χ3n) is 3.32. The van der Waals surface area contributed by atoms with Crippen LogP contribution in [0.4, 0.5) is 13.2 Å². The van der Waals surface area contributed by atoms with Crippen molar-refractivity contribution in [2.24, 2.45) is 5.92 Å². The molecule has 0 spiro atoms. The summed E-state index contributed by atoms with van der Waals surface area (Å²) in [6, 6.07) is 0.710. The first-order chi connectivity index (χ1) is 9.23. The van der Waals surface area contributed by atoms with Gasteiger partial charge in [0, 0.05) is 30.6 Å². The molecular formula is C12H13ClF3NO2S. The number of benzene rings is 1. The third-order valence-corrected chi connectivity index (χ3v) is 5.89. The molecule has 1 fully saturated rings. The van der Waals surface area contributed by atoms with Gasteiger partial charge >= 0.3 is 0 Å². The quantitative estimate of drug-likeness (QED) is 0.783. The van der Waals surface area contributed by atoms with Crippen molar-refractivity contribution < 1.29 is 21.6 Å². The average molecular weight is 328 g/mol. The number of nitrogens with zero attached hydrogens (tertiary/aromatic N) is 1. The van der Waals surface area contributed by atoms with Crippen LogP contribution in [0, 0.1) is 23.4 Å². The maximum absolute atomic E-state index is 13.6. The minimum atomic E-state index is -4.34. The van der Waals surface area contributed by atoms with Gasteiger partial charge in [0.15, 0.2) is 4.90 Å². The van der Waals surface area contributed by atoms with Crippen molar-refractivity contribution in [2.45, 2.75) is 23.6 Å². The highest BCUT2D eigenvalue weighted by molar-refractivity contribution is 7.89. The number of hydrogen-bond donors (Lipinski definition) is 0. The van der Waals surface area contributed by atoms with Crippen LogP contribution in [-0.4, -0.2) is 31.2 Å². The number of hydrogen-bond acceptors (Lipinski definition) is 2. The summed E-state index contributed by atoms with van der Waals surface area (Å²) < 4.78 is 65.6. The number of sulfonamides is 1. The van der Waals surface area contributed by atoms with E-state index in [9.17, 15) is 21.6 Å². The Labute approximate surface area is 120 Å². The average Bonchev–Trinajstić information content (AvgIpc) is 2.30. The van der Waals surface area contributed by atoms with Crippen molar-refractivity contribution in [1.29, 1.82) is 0 Å². The molecule has 0 aliphatic carbocycles. The lowest BCUT2D eigenvalue weighted by molar-refractivity contribution is 0.284. The Morgan fingerprint density at radius 1 is 1.25 bits per heavy atom. The van der Waals surface area contributed by atoms with E-state index in [1.54, 1.807) is 6.92 Å². The van der Waals surface area contributed by atoms with Gasteiger partial charge in [0.2, 0.25) is 10.0 Å². The molecule has 0 N–H and O–H groups in total. The molecule has 1 saturated heterocycles. The first-order valence-electron chi connectivity index (χ1n) is 6.02. The van der Waals surface area contributed by atoms with E-state index in [0.717, 1.165) is 4.31 Å². The van der Waals surface area contributed by atoms with Crippen molar-refractivity contribution in [2.75, 3.05) is 13.1 Å². The SMILES string of the molecule is CC1CN(S(=O)(=O)c2c(F)cc(F)cc2F)CCC1Cl. The highest BCUT2D eigenvalue weighted by Gasteiger charge is 2.36. The first-order valence-corrected chi connectivity index (χ1v) is 7.90. The van der Waals surface area contributed by atoms with E-state index in [1.807, 2.05) is 0 Å². The molecule has 0 bridgehead atoms. The summed E-state index contributed by atoms with van der Waals surface area (Å²) in [6.45, 7) is 1.92. The van der Waals surface area contributed by atoms with Gasteiger partial charge in [-0.2, -0.15) is 4.31 Å². The van der Waals surface area contributed by atoms with Gasteiger partial charge in [-0.3, -0.25) is 0 Å². The van der Waals surface area contributed by atoms with Crippen LogP contribution >= 0.6 is 11.6 Å². The molecule has 1 heterocycles. The summed E-state index contributed by atoms with van der Waals surface area (Å²) >= 11 is 5.99. The molecule has 2 atom stereocenters. The van der Waals surface area contributed by atoms with Gasteiger partial charge in [0.25, 0.3) is 0 Å². The van der Waals surface area contributed by atoms with E-state index < -0.39 is 32.4 Å². The predicted molar refractivity (Wildman–Crippen MR) is 68.5 cm³/mol. The van der Waals surface area contributed by atoms with Crippen LogP contribution in [0.15, 0.2) is 17.0 Å². The van der Waals surface area contributed by atoms with Gasteiger partial charge in [-0.1, -0.05) is 6.92 Å². The molecule has 112 valence electrons. The standard InChI is InChI=1S/C12H13ClF3NO2S/c1-7-6-17(3-2-9(7)13)20(18,19)12-10(15)4-8(14)5-11(12)16/h4-5,7,9H,2-3,6H2,1H3. The molecule has 1 aromatic carbocycles. The lowest BCUT2D eigenvalue weighted by Crippen LogP contribution is -2.43. The molecule has 20 heavy (non-hydrogen) atoms. The zero-order chi connectivity index (χ0) is 15.1. The van der Waals surface area contributed by atoms with Crippen molar-refractivity contribution in [3.8, 4) is 0 Å². The molecule has 0 amide bonds. The Hall–Kier alpha value is -0.790. The van der Waals surface area contributed by atoms with Gasteiger partial charge < -0.3 is 0 Å². The Morgan fingerprint density at radius 3 is 2.30 bits per heavy atom. The molecule has 1 aliphatic heterocycles.